The molecule has 0 atom stereocenters. The van der Waals surface area contributed by atoms with Crippen LogP contribution in [0.25, 0.3) is 5.69 Å². The van der Waals surface area contributed by atoms with Gasteiger partial charge in [-0.1, -0.05) is 12.1 Å². The van der Waals surface area contributed by atoms with Gasteiger partial charge >= 0.3 is 0 Å². The molecule has 2 aromatic heterocycles. The first-order valence-electron chi connectivity index (χ1n) is 11.7. The molecule has 1 amide bonds. The number of anilines is 2. The summed E-state index contributed by atoms with van der Waals surface area (Å²) in [5, 5.41) is 2.93. The maximum absolute atomic E-state index is 12.8. The van der Waals surface area contributed by atoms with Gasteiger partial charge in [-0.3, -0.25) is 9.69 Å². The topological polar surface area (TPSA) is 75.5 Å². The lowest BCUT2D eigenvalue weighted by molar-refractivity contribution is 0.102. The molecule has 0 radical (unpaired) electrons. The predicted octanol–water partition coefficient (Wildman–Crippen LogP) is 3.85. The number of carbonyl (C=O) groups is 1. The SMILES string of the molecule is COc1cccc(CN2CCN(c3nccc(C(=O)Nc4ccc(-n5cccc5)cc4)n3)CC2)c1. The minimum atomic E-state index is -0.251. The van der Waals surface area contributed by atoms with Crippen molar-refractivity contribution < 1.29 is 9.53 Å². The number of methoxy groups -OCH3 is 1. The molecule has 1 aliphatic heterocycles. The van der Waals surface area contributed by atoms with E-state index < -0.39 is 0 Å². The first kappa shape index (κ1) is 22.6. The molecule has 35 heavy (non-hydrogen) atoms. The maximum Gasteiger partial charge on any atom is 0.274 e. The largest absolute Gasteiger partial charge is 0.497 e. The number of carbonyl (C=O) groups excluding carboxylic acids is 1. The van der Waals surface area contributed by atoms with Crippen molar-refractivity contribution in [2.45, 2.75) is 6.54 Å². The lowest BCUT2D eigenvalue weighted by Crippen LogP contribution is -2.46. The summed E-state index contributed by atoms with van der Waals surface area (Å²) in [5.41, 5.74) is 3.33. The van der Waals surface area contributed by atoms with Gasteiger partial charge < -0.3 is 19.5 Å². The van der Waals surface area contributed by atoms with E-state index in [4.69, 9.17) is 4.74 Å². The fourth-order valence-electron chi connectivity index (χ4n) is 4.18. The van der Waals surface area contributed by atoms with Gasteiger partial charge in [0, 0.05) is 62.7 Å². The zero-order chi connectivity index (χ0) is 24.0. The van der Waals surface area contributed by atoms with Crippen LogP contribution in [0.15, 0.2) is 85.3 Å². The molecule has 0 spiro atoms. The minimum absolute atomic E-state index is 0.251. The number of nitrogens with one attached hydrogen (secondary N) is 1. The van der Waals surface area contributed by atoms with Gasteiger partial charge in [-0.25, -0.2) is 9.97 Å². The van der Waals surface area contributed by atoms with Crippen LogP contribution in [-0.2, 0) is 6.54 Å². The Morgan fingerprint density at radius 1 is 0.971 bits per heavy atom. The van der Waals surface area contributed by atoms with Crippen molar-refractivity contribution in [3.8, 4) is 11.4 Å². The van der Waals surface area contributed by atoms with Gasteiger partial charge in [-0.2, -0.15) is 0 Å². The summed E-state index contributed by atoms with van der Waals surface area (Å²) in [6.45, 7) is 4.26. The molecule has 8 nitrogen and oxygen atoms in total. The van der Waals surface area contributed by atoms with Gasteiger partial charge in [0.1, 0.15) is 11.4 Å². The Bertz CT molecular complexity index is 1270. The Balaban J connectivity index is 1.18. The molecule has 8 heteroatoms. The Morgan fingerprint density at radius 2 is 1.74 bits per heavy atom. The third kappa shape index (κ3) is 5.50. The number of hydrogen-bond acceptors (Lipinski definition) is 6. The van der Waals surface area contributed by atoms with Gasteiger partial charge in [0.2, 0.25) is 5.95 Å². The molecule has 1 fully saturated rings. The van der Waals surface area contributed by atoms with Gasteiger partial charge in [0.15, 0.2) is 0 Å². The molecular formula is C27H28N6O2. The first-order valence-corrected chi connectivity index (χ1v) is 11.7. The third-order valence-electron chi connectivity index (χ3n) is 6.10. The number of piperazine rings is 1. The minimum Gasteiger partial charge on any atom is -0.497 e. The van der Waals surface area contributed by atoms with E-state index in [9.17, 15) is 4.79 Å². The van der Waals surface area contributed by atoms with Gasteiger partial charge in [0.25, 0.3) is 5.91 Å². The molecule has 1 saturated heterocycles. The highest BCUT2D eigenvalue weighted by molar-refractivity contribution is 6.03. The van der Waals surface area contributed by atoms with E-state index in [1.54, 1.807) is 19.4 Å². The zero-order valence-corrected chi connectivity index (χ0v) is 19.7. The third-order valence-corrected chi connectivity index (χ3v) is 6.10. The van der Waals surface area contributed by atoms with Crippen molar-refractivity contribution in [3.05, 3.63) is 96.6 Å². The van der Waals surface area contributed by atoms with Crippen molar-refractivity contribution in [1.82, 2.24) is 19.4 Å². The van der Waals surface area contributed by atoms with E-state index in [1.165, 1.54) is 5.56 Å². The molecule has 1 aliphatic rings. The monoisotopic (exact) mass is 468 g/mol. The maximum atomic E-state index is 12.8. The van der Waals surface area contributed by atoms with Crippen LogP contribution in [0, 0.1) is 0 Å². The highest BCUT2D eigenvalue weighted by Crippen LogP contribution is 2.18. The van der Waals surface area contributed by atoms with E-state index in [-0.39, 0.29) is 5.91 Å². The van der Waals surface area contributed by atoms with Gasteiger partial charge in [-0.15, -0.1) is 0 Å². The van der Waals surface area contributed by atoms with Crippen LogP contribution in [0.4, 0.5) is 11.6 Å². The van der Waals surface area contributed by atoms with Crippen LogP contribution < -0.4 is 15.0 Å². The second-order valence-electron chi connectivity index (χ2n) is 8.45. The highest BCUT2D eigenvalue weighted by Gasteiger charge is 2.20. The smallest absolute Gasteiger partial charge is 0.274 e. The molecule has 0 bridgehead atoms. The Morgan fingerprint density at radius 3 is 2.49 bits per heavy atom. The number of ether oxygens (including phenoxy) is 1. The summed E-state index contributed by atoms with van der Waals surface area (Å²) in [5.74, 6) is 1.21. The molecule has 0 unspecified atom stereocenters. The number of rotatable bonds is 7. The van der Waals surface area contributed by atoms with Crippen LogP contribution in [0.3, 0.4) is 0 Å². The van der Waals surface area contributed by atoms with Crippen LogP contribution in [0.1, 0.15) is 16.1 Å². The van der Waals surface area contributed by atoms with E-state index in [0.29, 0.717) is 11.6 Å². The molecule has 1 N–H and O–H groups in total. The zero-order valence-electron chi connectivity index (χ0n) is 19.7. The molecule has 0 aliphatic carbocycles. The first-order chi connectivity index (χ1) is 17.2. The average molecular weight is 469 g/mol. The standard InChI is InChI=1S/C27H28N6O2/c1-35-24-6-4-5-21(19-24)20-31-15-17-33(18-16-31)27-28-12-11-25(30-27)26(34)29-22-7-9-23(10-8-22)32-13-2-3-14-32/h2-14,19H,15-18,20H2,1H3,(H,29,34). The predicted molar refractivity (Wildman–Crippen MR) is 136 cm³/mol. The van der Waals surface area contributed by atoms with Crippen molar-refractivity contribution >= 4 is 17.5 Å². The molecule has 5 rings (SSSR count). The van der Waals surface area contributed by atoms with Crippen molar-refractivity contribution in [3.63, 3.8) is 0 Å². The molecular weight excluding hydrogens is 440 g/mol. The van der Waals surface area contributed by atoms with Crippen LogP contribution in [-0.4, -0.2) is 58.6 Å². The number of aromatic nitrogens is 3. The summed E-state index contributed by atoms with van der Waals surface area (Å²) >= 11 is 0. The number of benzene rings is 2. The Kier molecular flexibility index (Phi) is 6.72. The van der Waals surface area contributed by atoms with Crippen molar-refractivity contribution in [2.75, 3.05) is 43.5 Å². The highest BCUT2D eigenvalue weighted by atomic mass is 16.5. The summed E-state index contributed by atoms with van der Waals surface area (Å²) < 4.78 is 7.34. The van der Waals surface area contributed by atoms with Crippen molar-refractivity contribution in [1.29, 1.82) is 0 Å². The molecule has 0 saturated carbocycles. The van der Waals surface area contributed by atoms with E-state index in [2.05, 4.69) is 37.2 Å². The summed E-state index contributed by atoms with van der Waals surface area (Å²) in [7, 11) is 1.69. The van der Waals surface area contributed by atoms with E-state index >= 15 is 0 Å². The number of amides is 1. The second kappa shape index (κ2) is 10.4. The number of nitrogens with zero attached hydrogens (tertiary/aromatic N) is 5. The normalized spacial score (nSPS) is 14.0. The fraction of sp³-hybridized carbons (Fsp3) is 0.222. The molecule has 2 aromatic carbocycles. The van der Waals surface area contributed by atoms with Crippen LogP contribution in [0.5, 0.6) is 5.75 Å². The van der Waals surface area contributed by atoms with Crippen LogP contribution in [0.2, 0.25) is 0 Å². The Labute approximate surface area is 204 Å². The summed E-state index contributed by atoms with van der Waals surface area (Å²) in [6.07, 6.45) is 5.61. The van der Waals surface area contributed by atoms with Crippen molar-refractivity contribution in [2.24, 2.45) is 0 Å². The van der Waals surface area contributed by atoms with E-state index in [0.717, 1.165) is 49.8 Å². The molecule has 178 valence electrons. The molecule has 4 aromatic rings. The van der Waals surface area contributed by atoms with Gasteiger partial charge in [-0.05, 0) is 60.2 Å². The summed E-state index contributed by atoms with van der Waals surface area (Å²) in [4.78, 5) is 26.3. The van der Waals surface area contributed by atoms with Gasteiger partial charge in [0.05, 0.1) is 7.11 Å². The Hall–Kier alpha value is -4.17. The van der Waals surface area contributed by atoms with E-state index in [1.807, 2.05) is 65.5 Å². The summed E-state index contributed by atoms with van der Waals surface area (Å²) in [6, 6.07) is 21.5. The number of hydrogen-bond donors (Lipinski definition) is 1. The quantitative estimate of drug-likeness (QED) is 0.444. The molecule has 3 heterocycles. The fourth-order valence-corrected chi connectivity index (χ4v) is 4.18. The average Bonchev–Trinajstić information content (AvgIpc) is 3.45. The second-order valence-corrected chi connectivity index (χ2v) is 8.45. The van der Waals surface area contributed by atoms with Crippen LogP contribution >= 0.6 is 0 Å². The lowest BCUT2D eigenvalue weighted by Gasteiger charge is -2.34. The lowest BCUT2D eigenvalue weighted by atomic mass is 10.2.